The molecule has 0 spiro atoms. The van der Waals surface area contributed by atoms with Crippen LogP contribution >= 0.6 is 11.3 Å². The zero-order chi connectivity index (χ0) is 16.4. The van der Waals surface area contributed by atoms with Gasteiger partial charge < -0.3 is 5.43 Å². The molecule has 0 aliphatic rings. The van der Waals surface area contributed by atoms with E-state index in [0.29, 0.717) is 11.6 Å². The van der Waals surface area contributed by atoms with Crippen LogP contribution in [0.1, 0.15) is 5.56 Å². The van der Waals surface area contributed by atoms with Crippen molar-refractivity contribution in [3.63, 3.8) is 0 Å². The van der Waals surface area contributed by atoms with Gasteiger partial charge in [0.1, 0.15) is 8.07 Å². The zero-order valence-corrected chi connectivity index (χ0v) is 15.2. The van der Waals surface area contributed by atoms with E-state index in [2.05, 4.69) is 46.5 Å². The van der Waals surface area contributed by atoms with Gasteiger partial charge >= 0.3 is 0 Å². The fraction of sp³-hybridized carbons (Fsp3) is 0.176. The van der Waals surface area contributed by atoms with Crippen molar-refractivity contribution < 1.29 is 0 Å². The maximum absolute atomic E-state index is 5.67. The molecular formula is C17H18N4SSi. The lowest BCUT2D eigenvalue weighted by atomic mass is 10.1. The quantitative estimate of drug-likeness (QED) is 0.322. The molecule has 0 bridgehead atoms. The Bertz CT molecular complexity index is 902. The highest BCUT2D eigenvalue weighted by Gasteiger charge is 2.11. The van der Waals surface area contributed by atoms with Gasteiger partial charge in [0.15, 0.2) is 11.6 Å². The van der Waals surface area contributed by atoms with Crippen molar-refractivity contribution in [2.45, 2.75) is 19.6 Å². The van der Waals surface area contributed by atoms with Crippen LogP contribution in [-0.2, 0) is 0 Å². The minimum absolute atomic E-state index is 0.620. The van der Waals surface area contributed by atoms with E-state index in [1.807, 2.05) is 35.7 Å². The summed E-state index contributed by atoms with van der Waals surface area (Å²) in [5, 5.41) is 2.89. The number of rotatable bonds is 2. The molecule has 0 unspecified atom stereocenters. The van der Waals surface area contributed by atoms with Crippen molar-refractivity contribution in [1.82, 2.24) is 9.97 Å². The van der Waals surface area contributed by atoms with E-state index >= 15 is 0 Å². The number of nitrogens with zero attached hydrogens (tertiary/aromatic N) is 2. The van der Waals surface area contributed by atoms with Gasteiger partial charge in [0.25, 0.3) is 0 Å². The molecule has 2 heterocycles. The number of fused-ring (bicyclic) bond motifs is 1. The summed E-state index contributed by atoms with van der Waals surface area (Å²) in [6.07, 6.45) is 0. The third kappa shape index (κ3) is 3.59. The summed E-state index contributed by atoms with van der Waals surface area (Å²) in [7, 11) is -1.41. The predicted molar refractivity (Wildman–Crippen MR) is 101 cm³/mol. The second kappa shape index (κ2) is 6.12. The van der Waals surface area contributed by atoms with Crippen LogP contribution in [0.25, 0.3) is 21.6 Å². The number of aromatic nitrogens is 2. The van der Waals surface area contributed by atoms with Crippen LogP contribution in [0.4, 0.5) is 5.82 Å². The number of hydrogen-bond donors (Lipinski definition) is 2. The highest BCUT2D eigenvalue weighted by Crippen LogP contribution is 2.27. The van der Waals surface area contributed by atoms with Crippen LogP contribution in [-0.4, -0.2) is 18.0 Å². The van der Waals surface area contributed by atoms with E-state index < -0.39 is 8.07 Å². The van der Waals surface area contributed by atoms with E-state index in [0.717, 1.165) is 21.3 Å². The van der Waals surface area contributed by atoms with Crippen LogP contribution in [0.5, 0.6) is 0 Å². The lowest BCUT2D eigenvalue weighted by molar-refractivity contribution is 1.19. The van der Waals surface area contributed by atoms with Gasteiger partial charge in [-0.1, -0.05) is 31.6 Å². The van der Waals surface area contributed by atoms with Crippen LogP contribution in [0.15, 0.2) is 35.7 Å². The summed E-state index contributed by atoms with van der Waals surface area (Å²) in [4.78, 5) is 10.2. The number of thiophene rings is 1. The fourth-order valence-electron chi connectivity index (χ4n) is 2.09. The molecule has 4 nitrogen and oxygen atoms in total. The summed E-state index contributed by atoms with van der Waals surface area (Å²) in [5.74, 6) is 10.2. The molecule has 0 amide bonds. The molecule has 3 aromatic rings. The van der Waals surface area contributed by atoms with Gasteiger partial charge in [-0.2, -0.15) is 0 Å². The average Bonchev–Trinajstić information content (AvgIpc) is 3.05. The molecule has 0 atom stereocenters. The molecule has 0 saturated heterocycles. The highest BCUT2D eigenvalue weighted by molar-refractivity contribution is 7.13. The molecule has 0 saturated carbocycles. The zero-order valence-electron chi connectivity index (χ0n) is 13.3. The Morgan fingerprint density at radius 1 is 1.17 bits per heavy atom. The molecule has 3 rings (SSSR count). The number of nitrogens with two attached hydrogens (primary N) is 1. The van der Waals surface area contributed by atoms with Crippen LogP contribution in [0, 0.1) is 11.5 Å². The third-order valence-electron chi connectivity index (χ3n) is 3.16. The largest absolute Gasteiger partial charge is 0.308 e. The first kappa shape index (κ1) is 15.7. The Morgan fingerprint density at radius 3 is 2.65 bits per heavy atom. The van der Waals surface area contributed by atoms with Crippen molar-refractivity contribution in [2.24, 2.45) is 5.84 Å². The SMILES string of the molecule is C[Si](C)(C)C#Cc1ccc2nc(-c3cccs3)nc(NN)c2c1. The van der Waals surface area contributed by atoms with E-state index in [9.17, 15) is 0 Å². The van der Waals surface area contributed by atoms with E-state index in [1.165, 1.54) is 0 Å². The molecule has 0 radical (unpaired) electrons. The first-order valence-corrected chi connectivity index (χ1v) is 11.7. The van der Waals surface area contributed by atoms with Crippen molar-refractivity contribution in [1.29, 1.82) is 0 Å². The maximum atomic E-state index is 5.67. The minimum Gasteiger partial charge on any atom is -0.308 e. The van der Waals surface area contributed by atoms with Gasteiger partial charge in [0, 0.05) is 10.9 Å². The van der Waals surface area contributed by atoms with Crippen molar-refractivity contribution >= 4 is 36.1 Å². The summed E-state index contributed by atoms with van der Waals surface area (Å²) in [6, 6.07) is 9.96. The van der Waals surface area contributed by atoms with Gasteiger partial charge in [-0.25, -0.2) is 15.8 Å². The monoisotopic (exact) mass is 338 g/mol. The van der Waals surface area contributed by atoms with Gasteiger partial charge in [-0.3, -0.25) is 0 Å². The first-order chi connectivity index (χ1) is 11.0. The summed E-state index contributed by atoms with van der Waals surface area (Å²) in [6.45, 7) is 6.68. The third-order valence-corrected chi connectivity index (χ3v) is 4.90. The minimum atomic E-state index is -1.41. The number of benzene rings is 1. The molecule has 23 heavy (non-hydrogen) atoms. The van der Waals surface area contributed by atoms with Crippen molar-refractivity contribution in [3.05, 3.63) is 41.3 Å². The van der Waals surface area contributed by atoms with Gasteiger partial charge in [0.05, 0.1) is 10.4 Å². The molecule has 0 aliphatic carbocycles. The Kier molecular flexibility index (Phi) is 4.18. The van der Waals surface area contributed by atoms with E-state index in [-0.39, 0.29) is 0 Å². The normalized spacial score (nSPS) is 11.1. The predicted octanol–water partition coefficient (Wildman–Crippen LogP) is 3.87. The Hall–Kier alpha value is -2.20. The number of hydrogen-bond acceptors (Lipinski definition) is 5. The molecule has 0 aliphatic heterocycles. The molecule has 1 aromatic carbocycles. The number of hydrazine groups is 1. The number of nitrogen functional groups attached to an aromatic ring is 1. The van der Waals surface area contributed by atoms with Crippen molar-refractivity contribution in [2.75, 3.05) is 5.43 Å². The lowest BCUT2D eigenvalue weighted by Gasteiger charge is -2.08. The topological polar surface area (TPSA) is 63.8 Å². The molecule has 3 N–H and O–H groups in total. The second-order valence-electron chi connectivity index (χ2n) is 6.25. The summed E-state index contributed by atoms with van der Waals surface area (Å²) < 4.78 is 0. The first-order valence-electron chi connectivity index (χ1n) is 7.32. The molecule has 2 aromatic heterocycles. The summed E-state index contributed by atoms with van der Waals surface area (Å²) >= 11 is 1.61. The van der Waals surface area contributed by atoms with Crippen molar-refractivity contribution in [3.8, 4) is 22.2 Å². The molecule has 0 fully saturated rings. The van der Waals surface area contributed by atoms with Gasteiger partial charge in [-0.05, 0) is 29.6 Å². The molecule has 6 heteroatoms. The van der Waals surface area contributed by atoms with E-state index in [1.54, 1.807) is 11.3 Å². The van der Waals surface area contributed by atoms with Crippen LogP contribution in [0.2, 0.25) is 19.6 Å². The smallest absolute Gasteiger partial charge is 0.172 e. The highest BCUT2D eigenvalue weighted by atomic mass is 32.1. The molecule has 116 valence electrons. The average molecular weight is 339 g/mol. The Labute approximate surface area is 140 Å². The Balaban J connectivity index is 2.12. The number of nitrogens with one attached hydrogen (secondary N) is 1. The van der Waals surface area contributed by atoms with Crippen LogP contribution < -0.4 is 11.3 Å². The van der Waals surface area contributed by atoms with E-state index in [4.69, 9.17) is 5.84 Å². The van der Waals surface area contributed by atoms with Crippen LogP contribution in [0.3, 0.4) is 0 Å². The molecular weight excluding hydrogens is 320 g/mol. The lowest BCUT2D eigenvalue weighted by Crippen LogP contribution is -2.16. The number of anilines is 1. The Morgan fingerprint density at radius 2 is 2.00 bits per heavy atom. The fourth-order valence-corrected chi connectivity index (χ4v) is 3.27. The summed E-state index contributed by atoms with van der Waals surface area (Å²) in [5.41, 5.74) is 7.88. The maximum Gasteiger partial charge on any atom is 0.172 e. The second-order valence-corrected chi connectivity index (χ2v) is 11.9. The van der Waals surface area contributed by atoms with Gasteiger partial charge in [-0.15, -0.1) is 16.9 Å². The van der Waals surface area contributed by atoms with Gasteiger partial charge in [0.2, 0.25) is 0 Å². The standard InChI is InChI=1S/C17H18N4SSi/c1-23(2,3)10-8-12-6-7-14-13(11-12)16(21-18)20-17(19-14)15-5-4-9-22-15/h4-7,9,11H,18H2,1-3H3,(H,19,20,21).